The molecule has 0 N–H and O–H groups in total. The van der Waals surface area contributed by atoms with Crippen molar-refractivity contribution in [2.75, 3.05) is 0 Å². The van der Waals surface area contributed by atoms with Crippen LogP contribution in [0, 0.1) is 0 Å². The molecular formula is C55H34N4S. The number of rotatable bonds is 6. The van der Waals surface area contributed by atoms with Gasteiger partial charge < -0.3 is 4.57 Å². The Morgan fingerprint density at radius 1 is 0.367 bits per heavy atom. The molecule has 8 aromatic carbocycles. The van der Waals surface area contributed by atoms with Crippen molar-refractivity contribution in [3.8, 4) is 62.0 Å². The predicted molar refractivity (Wildman–Crippen MR) is 252 cm³/mol. The van der Waals surface area contributed by atoms with Crippen LogP contribution in [0.4, 0.5) is 0 Å². The van der Waals surface area contributed by atoms with Crippen LogP contribution in [0.2, 0.25) is 0 Å². The fourth-order valence-corrected chi connectivity index (χ4v) is 10.0. The molecule has 12 rings (SSSR count). The summed E-state index contributed by atoms with van der Waals surface area (Å²) in [7, 11) is 0. The van der Waals surface area contributed by atoms with E-state index in [4.69, 9.17) is 15.0 Å². The number of thiophene rings is 1. The maximum absolute atomic E-state index is 5.48. The first-order chi connectivity index (χ1) is 29.7. The average Bonchev–Trinajstić information content (AvgIpc) is 3.88. The van der Waals surface area contributed by atoms with Crippen LogP contribution in [-0.2, 0) is 0 Å². The molecule has 0 saturated heterocycles. The van der Waals surface area contributed by atoms with Gasteiger partial charge >= 0.3 is 0 Å². The Kier molecular flexibility index (Phi) is 8.00. The first-order valence-corrected chi connectivity index (χ1v) is 21.0. The van der Waals surface area contributed by atoms with Crippen LogP contribution in [0.15, 0.2) is 206 Å². The van der Waals surface area contributed by atoms with Gasteiger partial charge in [-0.15, -0.1) is 11.3 Å². The lowest BCUT2D eigenvalue weighted by Gasteiger charge is -2.15. The highest BCUT2D eigenvalue weighted by Gasteiger charge is 2.20. The predicted octanol–water partition coefficient (Wildman–Crippen LogP) is 14.8. The van der Waals surface area contributed by atoms with Gasteiger partial charge in [-0.25, -0.2) is 15.0 Å². The normalized spacial score (nSPS) is 11.7. The van der Waals surface area contributed by atoms with Gasteiger partial charge in [0.05, 0.1) is 38.3 Å². The summed E-state index contributed by atoms with van der Waals surface area (Å²) in [6, 6.07) is 73.1. The van der Waals surface area contributed by atoms with Crippen LogP contribution in [0.1, 0.15) is 0 Å². The number of para-hydroxylation sites is 3. The molecule has 60 heavy (non-hydrogen) atoms. The molecule has 4 aromatic heterocycles. The molecule has 0 aliphatic carbocycles. The number of benzene rings is 8. The van der Waals surface area contributed by atoms with Crippen molar-refractivity contribution < 1.29 is 0 Å². The average molecular weight is 783 g/mol. The van der Waals surface area contributed by atoms with Crippen molar-refractivity contribution in [3.05, 3.63) is 206 Å². The van der Waals surface area contributed by atoms with E-state index in [2.05, 4.69) is 187 Å². The molecule has 5 heteroatoms. The van der Waals surface area contributed by atoms with Gasteiger partial charge in [0.1, 0.15) is 0 Å². The van der Waals surface area contributed by atoms with E-state index in [0.717, 1.165) is 67.1 Å². The van der Waals surface area contributed by atoms with E-state index in [-0.39, 0.29) is 0 Å². The van der Waals surface area contributed by atoms with E-state index in [1.165, 1.54) is 41.9 Å². The van der Waals surface area contributed by atoms with Crippen molar-refractivity contribution >= 4 is 64.2 Å². The third-order valence-corrected chi connectivity index (χ3v) is 12.8. The first-order valence-electron chi connectivity index (χ1n) is 20.2. The zero-order valence-corrected chi connectivity index (χ0v) is 33.1. The lowest BCUT2D eigenvalue weighted by atomic mass is 9.99. The molecule has 0 aliphatic rings. The molecule has 280 valence electrons. The zero-order valence-electron chi connectivity index (χ0n) is 32.3. The minimum Gasteiger partial charge on any atom is -0.309 e. The minimum absolute atomic E-state index is 0.676. The monoisotopic (exact) mass is 782 g/mol. The third-order valence-electron chi connectivity index (χ3n) is 11.6. The van der Waals surface area contributed by atoms with E-state index in [0.29, 0.717) is 5.82 Å². The second-order valence-corrected chi connectivity index (χ2v) is 16.2. The second-order valence-electron chi connectivity index (χ2n) is 15.2. The van der Waals surface area contributed by atoms with E-state index in [9.17, 15) is 0 Å². The summed E-state index contributed by atoms with van der Waals surface area (Å²) in [5.41, 5.74) is 13.3. The van der Waals surface area contributed by atoms with Gasteiger partial charge in [0.25, 0.3) is 0 Å². The molecule has 0 saturated carbocycles. The van der Waals surface area contributed by atoms with Gasteiger partial charge in [-0.05, 0) is 59.7 Å². The summed E-state index contributed by atoms with van der Waals surface area (Å²) in [6.45, 7) is 0. The fourth-order valence-electron chi connectivity index (χ4n) is 8.78. The fraction of sp³-hybridized carbons (Fsp3) is 0. The van der Waals surface area contributed by atoms with Crippen molar-refractivity contribution in [2.45, 2.75) is 0 Å². The Labute approximate surface area is 350 Å². The molecule has 0 atom stereocenters. The summed E-state index contributed by atoms with van der Waals surface area (Å²) in [6.07, 6.45) is 0. The van der Waals surface area contributed by atoms with Crippen LogP contribution in [0.3, 0.4) is 0 Å². The van der Waals surface area contributed by atoms with E-state index in [1.807, 2.05) is 35.6 Å². The van der Waals surface area contributed by atoms with Crippen molar-refractivity contribution in [1.82, 2.24) is 19.5 Å². The van der Waals surface area contributed by atoms with Crippen LogP contribution in [0.5, 0.6) is 0 Å². The molecule has 12 aromatic rings. The number of fused-ring (bicyclic) bond motifs is 8. The Hall–Kier alpha value is -7.73. The lowest BCUT2D eigenvalue weighted by molar-refractivity contribution is 1.16. The van der Waals surface area contributed by atoms with E-state index in [1.54, 1.807) is 0 Å². The number of hydrogen-bond acceptors (Lipinski definition) is 4. The first kappa shape index (κ1) is 34.3. The maximum Gasteiger partial charge on any atom is 0.160 e. The third kappa shape index (κ3) is 5.70. The SMILES string of the molecule is c1ccc(-c2ccc(-c3cc(-c4cc(-c5nc6ccccc6c6c5sc5ccccc56)cc(-n5c6ccccc6c6ccccc65)c4)nc(-c4ccccc4)n3)cc2)cc1. The summed E-state index contributed by atoms with van der Waals surface area (Å²) >= 11 is 1.81. The Morgan fingerprint density at radius 3 is 1.62 bits per heavy atom. The van der Waals surface area contributed by atoms with E-state index >= 15 is 0 Å². The van der Waals surface area contributed by atoms with E-state index < -0.39 is 0 Å². The van der Waals surface area contributed by atoms with Gasteiger partial charge in [-0.3, -0.25) is 0 Å². The highest BCUT2D eigenvalue weighted by Crippen LogP contribution is 2.44. The molecular weight excluding hydrogens is 749 g/mol. The summed E-state index contributed by atoms with van der Waals surface area (Å²) in [5.74, 6) is 0.676. The Bertz CT molecular complexity index is 3530. The van der Waals surface area contributed by atoms with Crippen molar-refractivity contribution in [3.63, 3.8) is 0 Å². The molecule has 0 unspecified atom stereocenters. The summed E-state index contributed by atoms with van der Waals surface area (Å²) in [5, 5.41) is 6.09. The van der Waals surface area contributed by atoms with Gasteiger partial charge in [0, 0.05) is 59.6 Å². The number of aromatic nitrogens is 4. The quantitative estimate of drug-likeness (QED) is 0.169. The zero-order chi connectivity index (χ0) is 39.6. The number of hydrogen-bond donors (Lipinski definition) is 0. The largest absolute Gasteiger partial charge is 0.309 e. The molecule has 0 aliphatic heterocycles. The maximum atomic E-state index is 5.48. The molecule has 0 radical (unpaired) electrons. The highest BCUT2D eigenvalue weighted by atomic mass is 32.1. The minimum atomic E-state index is 0.676. The molecule has 4 nitrogen and oxygen atoms in total. The summed E-state index contributed by atoms with van der Waals surface area (Å²) < 4.78 is 4.81. The lowest BCUT2D eigenvalue weighted by Crippen LogP contribution is -1.99. The topological polar surface area (TPSA) is 43.6 Å². The van der Waals surface area contributed by atoms with Crippen LogP contribution in [0.25, 0.3) is 115 Å². The summed E-state index contributed by atoms with van der Waals surface area (Å²) in [4.78, 5) is 16.0. The Balaban J connectivity index is 1.14. The molecule has 0 spiro atoms. The smallest absolute Gasteiger partial charge is 0.160 e. The van der Waals surface area contributed by atoms with Gasteiger partial charge in [0.2, 0.25) is 0 Å². The molecule has 0 amide bonds. The van der Waals surface area contributed by atoms with Crippen LogP contribution >= 0.6 is 11.3 Å². The van der Waals surface area contributed by atoms with Gasteiger partial charge in [0.15, 0.2) is 5.82 Å². The Morgan fingerprint density at radius 2 is 0.900 bits per heavy atom. The molecule has 4 heterocycles. The second kappa shape index (κ2) is 14.0. The van der Waals surface area contributed by atoms with Crippen LogP contribution in [-0.4, -0.2) is 19.5 Å². The van der Waals surface area contributed by atoms with Gasteiger partial charge in [-0.1, -0.05) is 158 Å². The van der Waals surface area contributed by atoms with Crippen molar-refractivity contribution in [1.29, 1.82) is 0 Å². The number of nitrogens with zero attached hydrogens (tertiary/aromatic N) is 4. The van der Waals surface area contributed by atoms with Gasteiger partial charge in [-0.2, -0.15) is 0 Å². The van der Waals surface area contributed by atoms with Crippen LogP contribution < -0.4 is 0 Å². The van der Waals surface area contributed by atoms with Crippen molar-refractivity contribution in [2.24, 2.45) is 0 Å². The molecule has 0 fully saturated rings. The highest BCUT2D eigenvalue weighted by molar-refractivity contribution is 7.26. The molecule has 0 bridgehead atoms. The standard InChI is InChI=1S/C55H34N4S/c1-3-15-35(16-4-1)36-27-29-37(30-28-36)47-34-48(58-55(57-47)38-17-5-2-6-18-38)39-31-40(33-41(32-39)59-49-24-12-8-19-42(49)43-20-9-13-25-50(43)59)53-54-52(44-21-7-11-23-46(44)56-53)45-22-10-14-26-51(45)60-54/h1-34H. The number of pyridine rings is 1.